The van der Waals surface area contributed by atoms with Gasteiger partial charge in [0.25, 0.3) is 5.91 Å². The van der Waals surface area contributed by atoms with Crippen LogP contribution in [0.25, 0.3) is 0 Å². The monoisotopic (exact) mass is 404 g/mol. The summed E-state index contributed by atoms with van der Waals surface area (Å²) in [5, 5.41) is 0. The normalized spacial score (nSPS) is 13.8. The quantitative estimate of drug-likeness (QED) is 0.798. The first-order chi connectivity index (χ1) is 10.7. The fourth-order valence-electron chi connectivity index (χ4n) is 2.69. The van der Waals surface area contributed by atoms with E-state index in [-0.39, 0.29) is 43.1 Å². The first-order valence-corrected chi connectivity index (χ1v) is 7.50. The Kier molecular flexibility index (Phi) is 10.5. The van der Waals surface area contributed by atoms with Crippen molar-refractivity contribution in [1.29, 1.82) is 0 Å². The highest BCUT2D eigenvalue weighted by Gasteiger charge is 2.23. The lowest BCUT2D eigenvalue weighted by Crippen LogP contribution is -2.48. The average Bonchev–Trinajstić information content (AvgIpc) is 2.56. The Morgan fingerprint density at radius 2 is 1.60 bits per heavy atom. The lowest BCUT2D eigenvalue weighted by atomic mass is 10.1. The number of piperazine rings is 1. The zero-order valence-corrected chi connectivity index (χ0v) is 16.2. The molecule has 0 saturated carbocycles. The standard InChI is InChI=1S/C17H20N4O.3ClH/c18-16-7-2-1-6-15(16)17(22)21-11-9-20(10-12-21)13-14-5-3-4-8-19-14;;;/h1-8H,9-13,18H2;3*1H. The Labute approximate surface area is 166 Å². The fourth-order valence-corrected chi connectivity index (χ4v) is 2.69. The lowest BCUT2D eigenvalue weighted by molar-refractivity contribution is 0.0628. The van der Waals surface area contributed by atoms with Gasteiger partial charge in [-0.15, -0.1) is 37.2 Å². The number of nitrogen functional groups attached to an aromatic ring is 1. The van der Waals surface area contributed by atoms with Gasteiger partial charge in [0.05, 0.1) is 11.3 Å². The van der Waals surface area contributed by atoms with E-state index in [9.17, 15) is 4.79 Å². The van der Waals surface area contributed by atoms with E-state index in [0.29, 0.717) is 11.3 Å². The summed E-state index contributed by atoms with van der Waals surface area (Å²) in [7, 11) is 0. The minimum absolute atomic E-state index is 0. The van der Waals surface area contributed by atoms with Gasteiger partial charge in [-0.3, -0.25) is 14.7 Å². The maximum atomic E-state index is 12.5. The van der Waals surface area contributed by atoms with Crippen LogP contribution in [-0.4, -0.2) is 46.9 Å². The van der Waals surface area contributed by atoms with E-state index in [1.54, 1.807) is 12.1 Å². The first-order valence-electron chi connectivity index (χ1n) is 7.50. The van der Waals surface area contributed by atoms with E-state index in [0.717, 1.165) is 38.4 Å². The Bertz CT molecular complexity index is 649. The molecule has 1 saturated heterocycles. The number of hydrogen-bond acceptors (Lipinski definition) is 4. The number of hydrogen-bond donors (Lipinski definition) is 1. The molecule has 0 bridgehead atoms. The maximum absolute atomic E-state index is 12.5. The van der Waals surface area contributed by atoms with Crippen molar-refractivity contribution >= 4 is 48.8 Å². The summed E-state index contributed by atoms with van der Waals surface area (Å²) in [6, 6.07) is 13.2. The number of nitrogens with two attached hydrogens (primary N) is 1. The average molecular weight is 406 g/mol. The molecule has 1 fully saturated rings. The van der Waals surface area contributed by atoms with E-state index in [2.05, 4.69) is 9.88 Å². The SMILES string of the molecule is Cl.Cl.Cl.Nc1ccccc1C(=O)N1CCN(Cc2ccccn2)CC1. The molecule has 5 nitrogen and oxygen atoms in total. The van der Waals surface area contributed by atoms with Crippen molar-refractivity contribution in [3.63, 3.8) is 0 Å². The van der Waals surface area contributed by atoms with Crippen molar-refractivity contribution < 1.29 is 4.79 Å². The van der Waals surface area contributed by atoms with Gasteiger partial charge in [-0.05, 0) is 24.3 Å². The van der Waals surface area contributed by atoms with E-state index in [4.69, 9.17) is 5.73 Å². The first kappa shape index (κ1) is 23.5. The number of benzene rings is 1. The van der Waals surface area contributed by atoms with Crippen molar-refractivity contribution in [2.45, 2.75) is 6.54 Å². The molecule has 1 aliphatic heterocycles. The summed E-state index contributed by atoms with van der Waals surface area (Å²) < 4.78 is 0. The summed E-state index contributed by atoms with van der Waals surface area (Å²) in [6.07, 6.45) is 1.81. The molecule has 2 aromatic rings. The molecule has 3 rings (SSSR count). The number of rotatable bonds is 3. The molecule has 1 aliphatic rings. The minimum Gasteiger partial charge on any atom is -0.398 e. The number of pyridine rings is 1. The number of halogens is 3. The summed E-state index contributed by atoms with van der Waals surface area (Å²) in [5.41, 5.74) is 8.10. The number of carbonyl (C=O) groups excluding carboxylic acids is 1. The van der Waals surface area contributed by atoms with Gasteiger partial charge in [0, 0.05) is 44.6 Å². The molecule has 2 heterocycles. The van der Waals surface area contributed by atoms with Crippen molar-refractivity contribution in [3.8, 4) is 0 Å². The smallest absolute Gasteiger partial charge is 0.256 e. The number of para-hydroxylation sites is 1. The van der Waals surface area contributed by atoms with Gasteiger partial charge in [-0.25, -0.2) is 0 Å². The van der Waals surface area contributed by atoms with Crippen LogP contribution < -0.4 is 5.73 Å². The van der Waals surface area contributed by atoms with Crippen molar-refractivity contribution in [3.05, 3.63) is 59.9 Å². The van der Waals surface area contributed by atoms with Gasteiger partial charge in [-0.2, -0.15) is 0 Å². The van der Waals surface area contributed by atoms with Gasteiger partial charge >= 0.3 is 0 Å². The van der Waals surface area contributed by atoms with Crippen LogP contribution in [0.2, 0.25) is 0 Å². The number of anilines is 1. The Morgan fingerprint density at radius 1 is 0.960 bits per heavy atom. The van der Waals surface area contributed by atoms with Gasteiger partial charge in [0.15, 0.2) is 0 Å². The van der Waals surface area contributed by atoms with E-state index < -0.39 is 0 Å². The molecule has 2 N–H and O–H groups in total. The Balaban J connectivity index is 0.00000192. The third-order valence-electron chi connectivity index (χ3n) is 3.96. The highest BCUT2D eigenvalue weighted by Crippen LogP contribution is 2.15. The van der Waals surface area contributed by atoms with Crippen LogP contribution in [0.1, 0.15) is 16.1 Å². The second-order valence-corrected chi connectivity index (χ2v) is 5.48. The molecule has 1 aromatic heterocycles. The maximum Gasteiger partial charge on any atom is 0.256 e. The number of amides is 1. The van der Waals surface area contributed by atoms with Crippen LogP contribution in [0.5, 0.6) is 0 Å². The molecule has 0 unspecified atom stereocenters. The largest absolute Gasteiger partial charge is 0.398 e. The summed E-state index contributed by atoms with van der Waals surface area (Å²) in [6.45, 7) is 3.99. The van der Waals surface area contributed by atoms with Crippen LogP contribution >= 0.6 is 37.2 Å². The predicted molar refractivity (Wildman–Crippen MR) is 108 cm³/mol. The van der Waals surface area contributed by atoms with E-state index in [1.807, 2.05) is 41.4 Å². The molecular formula is C17H23Cl3N4O. The van der Waals surface area contributed by atoms with Gasteiger partial charge in [0.2, 0.25) is 0 Å². The molecule has 25 heavy (non-hydrogen) atoms. The van der Waals surface area contributed by atoms with Crippen LogP contribution in [0.3, 0.4) is 0 Å². The topological polar surface area (TPSA) is 62.5 Å². The Hall–Kier alpha value is -1.53. The Morgan fingerprint density at radius 3 is 2.20 bits per heavy atom. The third kappa shape index (κ3) is 6.04. The molecule has 8 heteroatoms. The van der Waals surface area contributed by atoms with E-state index in [1.165, 1.54) is 0 Å². The highest BCUT2D eigenvalue weighted by atomic mass is 35.5. The summed E-state index contributed by atoms with van der Waals surface area (Å²) in [5.74, 6) is 0.0237. The van der Waals surface area contributed by atoms with E-state index >= 15 is 0 Å². The second-order valence-electron chi connectivity index (χ2n) is 5.48. The number of carbonyl (C=O) groups is 1. The minimum atomic E-state index is 0. The second kappa shape index (κ2) is 11.2. The molecule has 0 atom stereocenters. The lowest BCUT2D eigenvalue weighted by Gasteiger charge is -2.34. The van der Waals surface area contributed by atoms with Crippen LogP contribution in [0.4, 0.5) is 5.69 Å². The van der Waals surface area contributed by atoms with Gasteiger partial charge < -0.3 is 10.6 Å². The molecule has 1 aromatic carbocycles. The highest BCUT2D eigenvalue weighted by molar-refractivity contribution is 5.99. The van der Waals surface area contributed by atoms with Gasteiger partial charge in [-0.1, -0.05) is 18.2 Å². The van der Waals surface area contributed by atoms with Crippen LogP contribution in [-0.2, 0) is 6.54 Å². The zero-order chi connectivity index (χ0) is 15.4. The summed E-state index contributed by atoms with van der Waals surface area (Å²) in [4.78, 5) is 21.0. The molecular weight excluding hydrogens is 383 g/mol. The van der Waals surface area contributed by atoms with Crippen molar-refractivity contribution in [2.75, 3.05) is 31.9 Å². The van der Waals surface area contributed by atoms with Crippen LogP contribution in [0, 0.1) is 0 Å². The third-order valence-corrected chi connectivity index (χ3v) is 3.96. The molecule has 1 amide bonds. The molecule has 138 valence electrons. The molecule has 0 aliphatic carbocycles. The number of aromatic nitrogens is 1. The van der Waals surface area contributed by atoms with Crippen LogP contribution in [0.15, 0.2) is 48.7 Å². The molecule has 0 radical (unpaired) electrons. The fraction of sp³-hybridized carbons (Fsp3) is 0.294. The number of nitrogens with zero attached hydrogens (tertiary/aromatic N) is 3. The molecule has 0 spiro atoms. The summed E-state index contributed by atoms with van der Waals surface area (Å²) >= 11 is 0. The predicted octanol–water partition coefficient (Wildman–Crippen LogP) is 2.89. The zero-order valence-electron chi connectivity index (χ0n) is 13.7. The van der Waals surface area contributed by atoms with Gasteiger partial charge in [0.1, 0.15) is 0 Å². The van der Waals surface area contributed by atoms with Crippen molar-refractivity contribution in [1.82, 2.24) is 14.8 Å². The van der Waals surface area contributed by atoms with Crippen molar-refractivity contribution in [2.24, 2.45) is 0 Å².